The molecule has 2 saturated heterocycles. The van der Waals surface area contributed by atoms with E-state index < -0.39 is 104 Å². The molecule has 0 aromatic heterocycles. The van der Waals surface area contributed by atoms with Gasteiger partial charge >= 0.3 is 11.9 Å². The van der Waals surface area contributed by atoms with Gasteiger partial charge in [-0.2, -0.15) is 0 Å². The van der Waals surface area contributed by atoms with Gasteiger partial charge in [0.2, 0.25) is 0 Å². The smallest absolute Gasteiger partial charge is 0.330 e. The first-order valence-electron chi connectivity index (χ1n) is 16.3. The van der Waals surface area contributed by atoms with Crippen molar-refractivity contribution in [3.05, 3.63) is 60.8 Å². The van der Waals surface area contributed by atoms with Crippen LogP contribution in [0.25, 0.3) is 0 Å². The van der Waals surface area contributed by atoms with Gasteiger partial charge in [0.15, 0.2) is 12.1 Å². The first kappa shape index (κ1) is 39.7. The molecule has 270 valence electrons. The number of carbonyl (C=O) groups is 2. The third-order valence-electron chi connectivity index (χ3n) is 8.77. The molecule has 14 nitrogen and oxygen atoms in total. The lowest BCUT2D eigenvalue weighted by Gasteiger charge is -2.45. The fraction of sp³-hybridized carbons (Fsp3) is 0.647. The molecule has 0 aliphatic carbocycles. The third kappa shape index (κ3) is 11.7. The van der Waals surface area contributed by atoms with Crippen molar-refractivity contribution >= 4 is 11.9 Å². The maximum Gasteiger partial charge on any atom is 0.330 e. The van der Waals surface area contributed by atoms with Gasteiger partial charge in [-0.1, -0.05) is 61.6 Å². The fourth-order valence-electron chi connectivity index (χ4n) is 5.87. The van der Waals surface area contributed by atoms with Gasteiger partial charge in [-0.25, -0.2) is 4.79 Å². The highest BCUT2D eigenvalue weighted by Gasteiger charge is 2.50. The van der Waals surface area contributed by atoms with Crippen molar-refractivity contribution in [3.63, 3.8) is 0 Å². The summed E-state index contributed by atoms with van der Waals surface area (Å²) in [5.74, 6) is -5.75. The number of cyclic esters (lactones) is 1. The highest BCUT2D eigenvalue weighted by Crippen LogP contribution is 2.38. The lowest BCUT2D eigenvalue weighted by Crippen LogP contribution is -2.61. The van der Waals surface area contributed by atoms with Crippen molar-refractivity contribution in [2.45, 2.75) is 126 Å². The molecule has 13 unspecified atom stereocenters. The molecule has 9 N–H and O–H groups in total. The average Bonchev–Trinajstić information content (AvgIpc) is 2.98. The lowest BCUT2D eigenvalue weighted by atomic mass is 9.83. The van der Waals surface area contributed by atoms with Crippen molar-refractivity contribution in [2.24, 2.45) is 17.6 Å². The Morgan fingerprint density at radius 2 is 1.54 bits per heavy atom. The van der Waals surface area contributed by atoms with Gasteiger partial charge in [-0.15, -0.1) is 0 Å². The van der Waals surface area contributed by atoms with Crippen molar-refractivity contribution in [3.8, 4) is 0 Å². The SMILES string of the molecule is CC1OC(OC2/C=C/C=C/C=C/C=C/C(C)[C@@H](C)OC(=O)/C=C/CC(O)CC(O)CC3(O)CC(O)C(C(=O)O)C(C2)O3)C(O)C(N)C1O. The van der Waals surface area contributed by atoms with E-state index in [2.05, 4.69) is 0 Å². The zero-order valence-electron chi connectivity index (χ0n) is 27.5. The summed E-state index contributed by atoms with van der Waals surface area (Å²) in [6.45, 7) is 5.21. The van der Waals surface area contributed by atoms with Gasteiger partial charge < -0.3 is 60.4 Å². The Balaban J connectivity index is 1.92. The minimum absolute atomic E-state index is 0.000319. The van der Waals surface area contributed by atoms with E-state index in [0.29, 0.717) is 0 Å². The number of esters is 1. The molecule has 0 aromatic carbocycles. The number of ether oxygens (including phenoxy) is 4. The number of aliphatic hydroxyl groups excluding tert-OH is 5. The molecule has 14 atom stereocenters. The Labute approximate surface area is 280 Å². The third-order valence-corrected chi connectivity index (χ3v) is 8.77. The molecule has 3 rings (SSSR count). The van der Waals surface area contributed by atoms with E-state index in [1.807, 2.05) is 13.0 Å². The van der Waals surface area contributed by atoms with E-state index >= 15 is 0 Å². The van der Waals surface area contributed by atoms with Crippen molar-refractivity contribution in [2.75, 3.05) is 0 Å². The maximum absolute atomic E-state index is 12.3. The largest absolute Gasteiger partial charge is 0.481 e. The molecule has 0 aromatic rings. The molecule has 3 aliphatic rings. The molecule has 0 saturated carbocycles. The van der Waals surface area contributed by atoms with Crippen LogP contribution in [-0.2, 0) is 28.5 Å². The zero-order chi connectivity index (χ0) is 35.6. The number of aliphatic hydroxyl groups is 6. The van der Waals surface area contributed by atoms with Crippen LogP contribution in [0.1, 0.15) is 52.9 Å². The summed E-state index contributed by atoms with van der Waals surface area (Å²) in [4.78, 5) is 24.5. The van der Waals surface area contributed by atoms with Gasteiger partial charge in [0.05, 0.1) is 48.8 Å². The number of hydrogen-bond donors (Lipinski definition) is 8. The Bertz CT molecular complexity index is 1200. The number of allylic oxidation sites excluding steroid dienone is 6. The van der Waals surface area contributed by atoms with Crippen LogP contribution in [0.15, 0.2) is 60.8 Å². The second-order valence-corrected chi connectivity index (χ2v) is 12.8. The van der Waals surface area contributed by atoms with Crippen LogP contribution in [0.2, 0.25) is 0 Å². The van der Waals surface area contributed by atoms with Crippen molar-refractivity contribution in [1.29, 1.82) is 0 Å². The number of hydrogen-bond acceptors (Lipinski definition) is 13. The molecule has 3 heterocycles. The van der Waals surface area contributed by atoms with Crippen LogP contribution in [0.4, 0.5) is 0 Å². The zero-order valence-corrected chi connectivity index (χ0v) is 27.5. The second-order valence-electron chi connectivity index (χ2n) is 12.8. The van der Waals surface area contributed by atoms with Gasteiger partial charge in [0, 0.05) is 31.3 Å². The predicted octanol–water partition coefficient (Wildman–Crippen LogP) is 0.349. The Morgan fingerprint density at radius 3 is 2.21 bits per heavy atom. The minimum Gasteiger partial charge on any atom is -0.481 e. The summed E-state index contributed by atoms with van der Waals surface area (Å²) in [5, 5.41) is 74.3. The summed E-state index contributed by atoms with van der Waals surface area (Å²) in [6, 6.07) is -1.09. The summed E-state index contributed by atoms with van der Waals surface area (Å²) in [5.41, 5.74) is 5.97. The molecule has 0 radical (unpaired) electrons. The minimum atomic E-state index is -2.18. The van der Waals surface area contributed by atoms with Crippen molar-refractivity contribution < 1.29 is 64.3 Å². The monoisotopic (exact) mass is 681 g/mol. The summed E-state index contributed by atoms with van der Waals surface area (Å²) in [7, 11) is 0. The van der Waals surface area contributed by atoms with Crippen molar-refractivity contribution in [1.82, 2.24) is 0 Å². The molecule has 0 spiro atoms. The highest BCUT2D eigenvalue weighted by molar-refractivity contribution is 5.82. The van der Waals surface area contributed by atoms with E-state index in [1.54, 1.807) is 56.4 Å². The van der Waals surface area contributed by atoms with E-state index in [1.165, 1.54) is 12.2 Å². The summed E-state index contributed by atoms with van der Waals surface area (Å²) in [6.07, 6.45) is 3.35. The molecular formula is C34H51NO13. The maximum atomic E-state index is 12.3. The average molecular weight is 682 g/mol. The van der Waals surface area contributed by atoms with E-state index in [0.717, 1.165) is 0 Å². The van der Waals surface area contributed by atoms with E-state index in [4.69, 9.17) is 24.7 Å². The predicted molar refractivity (Wildman–Crippen MR) is 172 cm³/mol. The first-order valence-corrected chi connectivity index (χ1v) is 16.3. The Hall–Kier alpha value is -2.76. The van der Waals surface area contributed by atoms with E-state index in [9.17, 15) is 45.3 Å². The summed E-state index contributed by atoms with van der Waals surface area (Å²) < 4.78 is 23.0. The molecule has 2 bridgehead atoms. The summed E-state index contributed by atoms with van der Waals surface area (Å²) >= 11 is 0. The Morgan fingerprint density at radius 1 is 0.896 bits per heavy atom. The lowest BCUT2D eigenvalue weighted by molar-refractivity contribution is -0.308. The first-order chi connectivity index (χ1) is 22.6. The quantitative estimate of drug-likeness (QED) is 0.188. The van der Waals surface area contributed by atoms with E-state index in [-0.39, 0.29) is 25.2 Å². The molecule has 0 amide bonds. The molecule has 3 aliphatic heterocycles. The number of aliphatic carboxylic acids is 1. The molecule has 48 heavy (non-hydrogen) atoms. The number of rotatable bonds is 3. The highest BCUT2D eigenvalue weighted by atomic mass is 16.7. The normalized spacial score (nSPS) is 45.9. The van der Waals surface area contributed by atoms with Gasteiger partial charge in [-0.3, -0.25) is 4.79 Å². The molecular weight excluding hydrogens is 630 g/mol. The number of carbonyl (C=O) groups excluding carboxylic acids is 1. The number of carboxylic acids is 1. The number of carboxylic acid groups (broad SMARTS) is 1. The standard InChI is InChI=1S/C34H51NO13/c1-19-11-8-6-4-5-7-9-13-24(47-33-31(41)29(35)30(40)21(3)46-33)16-26-28(32(42)43)25(38)18-34(44,48-26)17-23(37)15-22(36)12-10-14-27(39)45-20(19)2/h4-11,13-14,19-26,28-31,33,36-38,40-41,44H,12,15-18,35H2,1-3H3,(H,42,43)/b6-4+,7-5+,11-8+,13-9+,14-10+/t19?,20-,21?,22?,23?,24?,25?,26?,28?,29?,30?,31?,33?,34?/m1/s1. The van der Waals surface area contributed by atoms with Gasteiger partial charge in [0.1, 0.15) is 18.1 Å². The Kier molecular flexibility index (Phi) is 15.1. The number of nitrogens with two attached hydrogens (primary N) is 1. The molecule has 2 fully saturated rings. The van der Waals surface area contributed by atoms with Crippen LogP contribution in [0.5, 0.6) is 0 Å². The van der Waals surface area contributed by atoms with Gasteiger partial charge in [0.25, 0.3) is 0 Å². The van der Waals surface area contributed by atoms with Crippen LogP contribution < -0.4 is 5.73 Å². The van der Waals surface area contributed by atoms with Crippen LogP contribution in [0, 0.1) is 11.8 Å². The topological polar surface area (TPSA) is 239 Å². The number of fused-ring (bicyclic) bond motifs is 2. The van der Waals surface area contributed by atoms with Crippen LogP contribution in [0.3, 0.4) is 0 Å². The second kappa shape index (κ2) is 18.3. The fourth-order valence-corrected chi connectivity index (χ4v) is 5.87. The molecule has 14 heteroatoms. The van der Waals surface area contributed by atoms with Crippen LogP contribution >= 0.6 is 0 Å². The van der Waals surface area contributed by atoms with Crippen LogP contribution in [-0.4, -0.2) is 121 Å². The van der Waals surface area contributed by atoms with Gasteiger partial charge in [-0.05, 0) is 26.7 Å².